The summed E-state index contributed by atoms with van der Waals surface area (Å²) in [7, 11) is 3.85. The first-order valence-corrected chi connectivity index (χ1v) is 11.2. The van der Waals surface area contributed by atoms with Crippen LogP contribution in [-0.2, 0) is 6.54 Å². The topological polar surface area (TPSA) is 70.0 Å². The van der Waals surface area contributed by atoms with E-state index >= 15 is 0 Å². The van der Waals surface area contributed by atoms with Crippen molar-refractivity contribution >= 4 is 28.7 Å². The van der Waals surface area contributed by atoms with E-state index in [1.807, 2.05) is 36.5 Å². The molecule has 0 amide bonds. The quantitative estimate of drug-likeness (QED) is 0.450. The summed E-state index contributed by atoms with van der Waals surface area (Å²) in [6.07, 6.45) is 1.91. The largest absolute Gasteiger partial charge is 0.497 e. The fourth-order valence-corrected chi connectivity index (χ4v) is 4.01. The molecule has 170 valence electrons. The van der Waals surface area contributed by atoms with Crippen LogP contribution in [0.2, 0.25) is 0 Å². The molecule has 0 aliphatic carbocycles. The van der Waals surface area contributed by atoms with Gasteiger partial charge in [-0.3, -0.25) is 0 Å². The summed E-state index contributed by atoms with van der Waals surface area (Å²) in [5.74, 6) is 1.43. The first-order valence-electron chi connectivity index (χ1n) is 11.2. The van der Waals surface area contributed by atoms with Crippen LogP contribution in [-0.4, -0.2) is 59.8 Å². The van der Waals surface area contributed by atoms with Crippen LogP contribution < -0.4 is 20.3 Å². The molecule has 1 fully saturated rings. The van der Waals surface area contributed by atoms with Gasteiger partial charge in [-0.2, -0.15) is 4.98 Å². The minimum absolute atomic E-state index is 0.573. The highest BCUT2D eigenvalue weighted by atomic mass is 16.5. The summed E-state index contributed by atoms with van der Waals surface area (Å²) in [6, 6.07) is 20.5. The summed E-state index contributed by atoms with van der Waals surface area (Å²) in [5, 5.41) is 11.5. The van der Waals surface area contributed by atoms with Gasteiger partial charge in [-0.1, -0.05) is 18.2 Å². The van der Waals surface area contributed by atoms with Gasteiger partial charge in [0.2, 0.25) is 5.95 Å². The lowest BCUT2D eigenvalue weighted by Gasteiger charge is -2.34. The molecule has 2 aromatic heterocycles. The number of piperazine rings is 1. The zero-order valence-corrected chi connectivity index (χ0v) is 19.0. The van der Waals surface area contributed by atoms with Gasteiger partial charge in [0.1, 0.15) is 5.75 Å². The monoisotopic (exact) mass is 443 g/mol. The molecular formula is C25H29N7O. The van der Waals surface area contributed by atoms with Crippen LogP contribution in [0.15, 0.2) is 66.9 Å². The number of fused-ring (bicyclic) bond motifs is 1. The van der Waals surface area contributed by atoms with E-state index in [-0.39, 0.29) is 0 Å². The Hall–Kier alpha value is -3.78. The Balaban J connectivity index is 1.30. The van der Waals surface area contributed by atoms with E-state index in [9.17, 15) is 0 Å². The highest BCUT2D eigenvalue weighted by Gasteiger charge is 2.15. The van der Waals surface area contributed by atoms with E-state index in [1.165, 1.54) is 5.69 Å². The van der Waals surface area contributed by atoms with Crippen molar-refractivity contribution in [2.75, 3.05) is 55.9 Å². The third-order valence-electron chi connectivity index (χ3n) is 5.98. The number of nitrogens with zero attached hydrogens (tertiary/aromatic N) is 5. The third kappa shape index (κ3) is 4.85. The van der Waals surface area contributed by atoms with Gasteiger partial charge in [0, 0.05) is 50.3 Å². The number of hydrogen-bond donors (Lipinski definition) is 2. The number of ether oxygens (including phenoxy) is 1. The van der Waals surface area contributed by atoms with Crippen molar-refractivity contribution in [1.82, 2.24) is 19.5 Å². The maximum Gasteiger partial charge on any atom is 0.247 e. The minimum atomic E-state index is 0.573. The summed E-state index contributed by atoms with van der Waals surface area (Å²) >= 11 is 0. The molecule has 4 aromatic rings. The molecule has 0 bridgehead atoms. The van der Waals surface area contributed by atoms with Gasteiger partial charge in [-0.25, -0.2) is 4.52 Å². The molecule has 3 heterocycles. The second kappa shape index (κ2) is 9.38. The van der Waals surface area contributed by atoms with E-state index in [0.29, 0.717) is 12.5 Å². The number of hydrogen-bond acceptors (Lipinski definition) is 7. The van der Waals surface area contributed by atoms with Gasteiger partial charge >= 0.3 is 0 Å². The van der Waals surface area contributed by atoms with E-state index < -0.39 is 0 Å². The molecule has 2 N–H and O–H groups in total. The van der Waals surface area contributed by atoms with Crippen LogP contribution in [0.1, 0.15) is 5.56 Å². The third-order valence-corrected chi connectivity index (χ3v) is 5.98. The fraction of sp³-hybridized carbons (Fsp3) is 0.280. The Labute approximate surface area is 193 Å². The molecular weight excluding hydrogens is 414 g/mol. The number of pyridine rings is 1. The highest BCUT2D eigenvalue weighted by molar-refractivity contribution is 5.70. The molecule has 8 heteroatoms. The molecule has 8 nitrogen and oxygen atoms in total. The average molecular weight is 444 g/mol. The van der Waals surface area contributed by atoms with E-state index in [4.69, 9.17) is 9.72 Å². The molecule has 0 spiro atoms. The lowest BCUT2D eigenvalue weighted by molar-refractivity contribution is 0.313. The molecule has 5 rings (SSSR count). The van der Waals surface area contributed by atoms with Gasteiger partial charge < -0.3 is 25.2 Å². The molecule has 33 heavy (non-hydrogen) atoms. The smallest absolute Gasteiger partial charge is 0.247 e. The number of anilines is 4. The van der Waals surface area contributed by atoms with Gasteiger partial charge in [-0.05, 0) is 55.1 Å². The number of benzene rings is 2. The molecule has 1 aliphatic heterocycles. The van der Waals surface area contributed by atoms with Crippen molar-refractivity contribution in [1.29, 1.82) is 0 Å². The second-order valence-corrected chi connectivity index (χ2v) is 8.29. The van der Waals surface area contributed by atoms with Crippen LogP contribution in [0, 0.1) is 0 Å². The zero-order chi connectivity index (χ0) is 22.6. The number of methoxy groups -OCH3 is 1. The van der Waals surface area contributed by atoms with Crippen LogP contribution in [0.25, 0.3) is 5.65 Å². The Morgan fingerprint density at radius 2 is 1.79 bits per heavy atom. The van der Waals surface area contributed by atoms with E-state index in [1.54, 1.807) is 11.6 Å². The van der Waals surface area contributed by atoms with Crippen molar-refractivity contribution in [3.8, 4) is 5.75 Å². The molecule has 1 aliphatic rings. The summed E-state index contributed by atoms with van der Waals surface area (Å²) < 4.78 is 7.03. The molecule has 0 radical (unpaired) electrons. The van der Waals surface area contributed by atoms with Gasteiger partial charge in [-0.15, -0.1) is 5.10 Å². The number of rotatable bonds is 7. The lowest BCUT2D eigenvalue weighted by Crippen LogP contribution is -2.44. The normalized spacial score (nSPS) is 14.4. The standard InChI is InChI=1S/C25H29N7O/c1-30-13-15-31(16-14-30)21-6-3-5-20(17-21)27-25-28-24-23(7-4-12-32(24)29-25)26-18-19-8-10-22(33-2)11-9-19/h3-12,17,26H,13-16,18H2,1-2H3,(H,27,29). The van der Waals surface area contributed by atoms with Crippen molar-refractivity contribution in [2.45, 2.75) is 6.54 Å². The lowest BCUT2D eigenvalue weighted by atomic mass is 10.2. The summed E-state index contributed by atoms with van der Waals surface area (Å²) in [6.45, 7) is 4.92. The van der Waals surface area contributed by atoms with Crippen molar-refractivity contribution < 1.29 is 4.74 Å². The van der Waals surface area contributed by atoms with Crippen LogP contribution in [0.3, 0.4) is 0 Å². The molecule has 0 atom stereocenters. The van der Waals surface area contributed by atoms with E-state index in [2.05, 4.69) is 62.9 Å². The van der Waals surface area contributed by atoms with Crippen molar-refractivity contribution in [3.63, 3.8) is 0 Å². The number of nitrogens with one attached hydrogen (secondary N) is 2. The minimum Gasteiger partial charge on any atom is -0.497 e. The Bertz CT molecular complexity index is 1210. The molecule has 0 unspecified atom stereocenters. The fourth-order valence-electron chi connectivity index (χ4n) is 4.01. The van der Waals surface area contributed by atoms with Crippen molar-refractivity contribution in [2.24, 2.45) is 0 Å². The predicted octanol–water partition coefficient (Wildman–Crippen LogP) is 3.85. The Morgan fingerprint density at radius 3 is 2.58 bits per heavy atom. The number of likely N-dealkylation sites (N-methyl/N-ethyl adjacent to an activating group) is 1. The Kier molecular flexibility index (Phi) is 5.99. The highest BCUT2D eigenvalue weighted by Crippen LogP contribution is 2.24. The summed E-state index contributed by atoms with van der Waals surface area (Å²) in [5.41, 5.74) is 5.08. The van der Waals surface area contributed by atoms with Gasteiger partial charge in [0.15, 0.2) is 5.65 Å². The van der Waals surface area contributed by atoms with Crippen LogP contribution in [0.4, 0.5) is 23.0 Å². The van der Waals surface area contributed by atoms with Gasteiger partial charge in [0.05, 0.1) is 12.8 Å². The molecule has 0 saturated carbocycles. The predicted molar refractivity (Wildman–Crippen MR) is 133 cm³/mol. The zero-order valence-electron chi connectivity index (χ0n) is 19.0. The SMILES string of the molecule is COc1ccc(CNc2cccn3nc(Nc4cccc(N5CCN(C)CC5)c4)nc23)cc1. The first kappa shape index (κ1) is 21.1. The van der Waals surface area contributed by atoms with Crippen LogP contribution in [0.5, 0.6) is 5.75 Å². The second-order valence-electron chi connectivity index (χ2n) is 8.29. The molecule has 2 aromatic carbocycles. The van der Waals surface area contributed by atoms with Crippen molar-refractivity contribution in [3.05, 3.63) is 72.4 Å². The molecule has 1 saturated heterocycles. The first-order chi connectivity index (χ1) is 16.2. The summed E-state index contributed by atoms with van der Waals surface area (Å²) in [4.78, 5) is 9.52. The van der Waals surface area contributed by atoms with Crippen LogP contribution >= 0.6 is 0 Å². The average Bonchev–Trinajstić information content (AvgIpc) is 3.26. The van der Waals surface area contributed by atoms with E-state index in [0.717, 1.165) is 54.5 Å². The van der Waals surface area contributed by atoms with Gasteiger partial charge in [0.25, 0.3) is 0 Å². The maximum absolute atomic E-state index is 5.23. The maximum atomic E-state index is 5.23. The number of aromatic nitrogens is 3. The Morgan fingerprint density at radius 1 is 0.970 bits per heavy atom.